The fourth-order valence-corrected chi connectivity index (χ4v) is 5.09. The average Bonchev–Trinajstić information content (AvgIpc) is 2.88. The van der Waals surface area contributed by atoms with Crippen LogP contribution in [0.5, 0.6) is 0 Å². The molecule has 0 spiro atoms. The maximum atomic E-state index is 13.7. The van der Waals surface area contributed by atoms with Crippen LogP contribution in [0.15, 0.2) is 78.9 Å². The van der Waals surface area contributed by atoms with Crippen molar-refractivity contribution in [2.24, 2.45) is 0 Å². The van der Waals surface area contributed by atoms with E-state index in [9.17, 15) is 9.59 Å². The van der Waals surface area contributed by atoms with Crippen LogP contribution in [0, 0.1) is 6.92 Å². The van der Waals surface area contributed by atoms with Gasteiger partial charge in [0.2, 0.25) is 11.8 Å². The molecular formula is C30H35ClN2O2S. The molecule has 0 saturated carbocycles. The van der Waals surface area contributed by atoms with E-state index in [2.05, 4.69) is 24.4 Å². The van der Waals surface area contributed by atoms with Gasteiger partial charge in [0.05, 0.1) is 5.75 Å². The highest BCUT2D eigenvalue weighted by Gasteiger charge is 2.31. The minimum atomic E-state index is -0.649. The van der Waals surface area contributed by atoms with Gasteiger partial charge in [0.1, 0.15) is 6.04 Å². The summed E-state index contributed by atoms with van der Waals surface area (Å²) in [5.41, 5.74) is 4.25. The third-order valence-corrected chi connectivity index (χ3v) is 7.65. The quantitative estimate of drug-likeness (QED) is 0.298. The van der Waals surface area contributed by atoms with Crippen molar-refractivity contribution in [2.45, 2.75) is 58.0 Å². The highest BCUT2D eigenvalue weighted by Crippen LogP contribution is 2.23. The zero-order chi connectivity index (χ0) is 25.9. The summed E-state index contributed by atoms with van der Waals surface area (Å²) in [4.78, 5) is 28.9. The van der Waals surface area contributed by atoms with E-state index < -0.39 is 6.04 Å². The number of rotatable bonds is 12. The van der Waals surface area contributed by atoms with E-state index in [1.54, 1.807) is 16.7 Å². The Morgan fingerprint density at radius 1 is 0.944 bits per heavy atom. The van der Waals surface area contributed by atoms with E-state index in [0.29, 0.717) is 11.4 Å². The number of nitrogens with one attached hydrogen (secondary N) is 1. The molecule has 2 unspecified atom stereocenters. The normalized spacial score (nSPS) is 12.6. The first-order valence-corrected chi connectivity index (χ1v) is 13.9. The minimum Gasteiger partial charge on any atom is -0.352 e. The van der Waals surface area contributed by atoms with Crippen molar-refractivity contribution >= 4 is 35.2 Å². The lowest BCUT2D eigenvalue weighted by Gasteiger charge is -2.32. The van der Waals surface area contributed by atoms with E-state index in [1.165, 1.54) is 11.1 Å². The Morgan fingerprint density at radius 2 is 1.58 bits per heavy atom. The Kier molecular flexibility index (Phi) is 10.9. The molecular weight excluding hydrogens is 488 g/mol. The van der Waals surface area contributed by atoms with E-state index in [0.717, 1.165) is 23.3 Å². The van der Waals surface area contributed by atoms with Crippen LogP contribution >= 0.6 is 23.4 Å². The van der Waals surface area contributed by atoms with E-state index in [-0.39, 0.29) is 30.2 Å². The molecule has 2 atom stereocenters. The van der Waals surface area contributed by atoms with Crippen molar-refractivity contribution in [3.8, 4) is 0 Å². The fourth-order valence-electron chi connectivity index (χ4n) is 3.91. The smallest absolute Gasteiger partial charge is 0.243 e. The van der Waals surface area contributed by atoms with Gasteiger partial charge in [-0.05, 0) is 48.6 Å². The summed E-state index contributed by atoms with van der Waals surface area (Å²) in [7, 11) is 0. The molecule has 0 radical (unpaired) electrons. The van der Waals surface area contributed by atoms with Crippen LogP contribution in [0.4, 0.5) is 0 Å². The van der Waals surface area contributed by atoms with Crippen LogP contribution in [-0.2, 0) is 28.3 Å². The van der Waals surface area contributed by atoms with Crippen molar-refractivity contribution in [2.75, 3.05) is 5.75 Å². The van der Waals surface area contributed by atoms with Gasteiger partial charge in [0.15, 0.2) is 0 Å². The van der Waals surface area contributed by atoms with Crippen LogP contribution in [0.2, 0.25) is 5.02 Å². The standard InChI is InChI=1S/C30H35ClN2O2S/c1-4-23(3)32-30(35)28(18-24-13-6-5-7-14-24)33(19-25-15-10-11-17-27(25)31)29(34)21-36-20-26-16-9-8-12-22(26)2/h5-17,23,28H,4,18-21H2,1-3H3,(H,32,35). The number of halogens is 1. The van der Waals surface area contributed by atoms with Crippen molar-refractivity contribution in [1.82, 2.24) is 10.2 Å². The first-order chi connectivity index (χ1) is 17.4. The summed E-state index contributed by atoms with van der Waals surface area (Å²) in [6.45, 7) is 6.37. The fraction of sp³-hybridized carbons (Fsp3) is 0.333. The van der Waals surface area contributed by atoms with Crippen molar-refractivity contribution < 1.29 is 9.59 Å². The van der Waals surface area contributed by atoms with Gasteiger partial charge in [0.25, 0.3) is 0 Å². The Hall–Kier alpha value is -2.76. The van der Waals surface area contributed by atoms with Gasteiger partial charge in [0, 0.05) is 29.8 Å². The lowest BCUT2D eigenvalue weighted by molar-refractivity contribution is -0.139. The summed E-state index contributed by atoms with van der Waals surface area (Å²) < 4.78 is 0. The Balaban J connectivity index is 1.87. The van der Waals surface area contributed by atoms with Crippen molar-refractivity contribution in [3.63, 3.8) is 0 Å². The van der Waals surface area contributed by atoms with Gasteiger partial charge in [-0.3, -0.25) is 9.59 Å². The zero-order valence-corrected chi connectivity index (χ0v) is 22.8. The SMILES string of the molecule is CCC(C)NC(=O)C(Cc1ccccc1)N(Cc1ccccc1Cl)C(=O)CSCc1ccccc1C. The Bertz CT molecular complexity index is 1140. The molecule has 0 fully saturated rings. The summed E-state index contributed by atoms with van der Waals surface area (Å²) >= 11 is 8.05. The summed E-state index contributed by atoms with van der Waals surface area (Å²) in [6.07, 6.45) is 1.25. The predicted molar refractivity (Wildman–Crippen MR) is 151 cm³/mol. The van der Waals surface area contributed by atoms with Gasteiger partial charge in [-0.1, -0.05) is 91.3 Å². The average molecular weight is 523 g/mol. The lowest BCUT2D eigenvalue weighted by Crippen LogP contribution is -2.52. The second-order valence-corrected chi connectivity index (χ2v) is 10.4. The largest absolute Gasteiger partial charge is 0.352 e. The second kappa shape index (κ2) is 14.1. The third kappa shape index (κ3) is 8.14. The molecule has 0 aliphatic rings. The van der Waals surface area contributed by atoms with Crippen LogP contribution in [0.3, 0.4) is 0 Å². The highest BCUT2D eigenvalue weighted by atomic mass is 35.5. The maximum Gasteiger partial charge on any atom is 0.243 e. The number of nitrogens with zero attached hydrogens (tertiary/aromatic N) is 1. The topological polar surface area (TPSA) is 49.4 Å². The Morgan fingerprint density at radius 3 is 2.25 bits per heavy atom. The number of thioether (sulfide) groups is 1. The molecule has 0 heterocycles. The lowest BCUT2D eigenvalue weighted by atomic mass is 10.0. The van der Waals surface area contributed by atoms with E-state index in [4.69, 9.17) is 11.6 Å². The van der Waals surface area contributed by atoms with Crippen LogP contribution in [0.1, 0.15) is 42.5 Å². The maximum absolute atomic E-state index is 13.7. The molecule has 0 aliphatic carbocycles. The molecule has 190 valence electrons. The third-order valence-electron chi connectivity index (χ3n) is 6.32. The molecule has 3 aromatic rings. The molecule has 2 amide bonds. The molecule has 3 rings (SSSR count). The molecule has 6 heteroatoms. The molecule has 3 aromatic carbocycles. The predicted octanol–water partition coefficient (Wildman–Crippen LogP) is 6.44. The van der Waals surface area contributed by atoms with Gasteiger partial charge in [-0.25, -0.2) is 0 Å². The minimum absolute atomic E-state index is 0.0171. The first-order valence-electron chi connectivity index (χ1n) is 12.4. The van der Waals surface area contributed by atoms with Gasteiger partial charge in [-0.15, -0.1) is 11.8 Å². The van der Waals surface area contributed by atoms with Crippen LogP contribution < -0.4 is 5.32 Å². The number of hydrogen-bond donors (Lipinski definition) is 1. The van der Waals surface area contributed by atoms with Crippen molar-refractivity contribution in [1.29, 1.82) is 0 Å². The number of carbonyl (C=O) groups is 2. The van der Waals surface area contributed by atoms with Gasteiger partial charge in [-0.2, -0.15) is 0 Å². The molecule has 0 saturated heterocycles. The first kappa shape index (κ1) is 27.8. The monoisotopic (exact) mass is 522 g/mol. The van der Waals surface area contributed by atoms with Crippen LogP contribution in [-0.4, -0.2) is 34.6 Å². The zero-order valence-electron chi connectivity index (χ0n) is 21.2. The van der Waals surface area contributed by atoms with Gasteiger partial charge < -0.3 is 10.2 Å². The molecule has 1 N–H and O–H groups in total. The number of benzene rings is 3. The second-order valence-electron chi connectivity index (χ2n) is 9.06. The van der Waals surface area contributed by atoms with Crippen molar-refractivity contribution in [3.05, 3.63) is 106 Å². The summed E-state index contributed by atoms with van der Waals surface area (Å²) in [6, 6.07) is 24.9. The number of hydrogen-bond acceptors (Lipinski definition) is 3. The van der Waals surface area contributed by atoms with E-state index >= 15 is 0 Å². The number of aryl methyl sites for hydroxylation is 1. The van der Waals surface area contributed by atoms with Gasteiger partial charge >= 0.3 is 0 Å². The molecule has 0 bridgehead atoms. The highest BCUT2D eigenvalue weighted by molar-refractivity contribution is 7.99. The summed E-state index contributed by atoms with van der Waals surface area (Å²) in [5, 5.41) is 3.69. The molecule has 4 nitrogen and oxygen atoms in total. The summed E-state index contributed by atoms with van der Waals surface area (Å²) in [5.74, 6) is 0.799. The number of amides is 2. The molecule has 36 heavy (non-hydrogen) atoms. The Labute approximate surface area is 224 Å². The van der Waals surface area contributed by atoms with E-state index in [1.807, 2.05) is 80.6 Å². The number of carbonyl (C=O) groups excluding carboxylic acids is 2. The van der Waals surface area contributed by atoms with Crippen LogP contribution in [0.25, 0.3) is 0 Å². The molecule has 0 aromatic heterocycles. The molecule has 0 aliphatic heterocycles.